The molecule has 3 unspecified atom stereocenters. The molecule has 0 bridgehead atoms. The van der Waals surface area contributed by atoms with Gasteiger partial charge >= 0.3 is 0 Å². The van der Waals surface area contributed by atoms with Crippen LogP contribution in [0.1, 0.15) is 57.4 Å². The summed E-state index contributed by atoms with van der Waals surface area (Å²) < 4.78 is 25.8. The summed E-state index contributed by atoms with van der Waals surface area (Å²) in [7, 11) is 0. The van der Waals surface area contributed by atoms with E-state index in [9.17, 15) is 4.39 Å². The summed E-state index contributed by atoms with van der Waals surface area (Å²) >= 11 is 0. The third kappa shape index (κ3) is 2.86. The first-order valence-corrected chi connectivity index (χ1v) is 8.53. The molecule has 1 fully saturated rings. The average molecular weight is 304 g/mol. The summed E-state index contributed by atoms with van der Waals surface area (Å²) in [6.07, 6.45) is 10.3. The van der Waals surface area contributed by atoms with Crippen LogP contribution < -0.4 is 9.47 Å². The van der Waals surface area contributed by atoms with E-state index in [1.807, 2.05) is 13.0 Å². The molecule has 0 spiro atoms. The second-order valence-electron chi connectivity index (χ2n) is 6.28. The highest BCUT2D eigenvalue weighted by Gasteiger charge is 2.40. The second-order valence-corrected chi connectivity index (χ2v) is 6.28. The van der Waals surface area contributed by atoms with Crippen LogP contribution in [0.25, 0.3) is 0 Å². The van der Waals surface area contributed by atoms with Crippen LogP contribution in [0.3, 0.4) is 0 Å². The monoisotopic (exact) mass is 304 g/mol. The Hall–Kier alpha value is -1.51. The summed E-state index contributed by atoms with van der Waals surface area (Å²) in [4.78, 5) is 0. The van der Waals surface area contributed by atoms with Crippen molar-refractivity contribution < 1.29 is 13.9 Å². The van der Waals surface area contributed by atoms with Gasteiger partial charge in [0.25, 0.3) is 0 Å². The van der Waals surface area contributed by atoms with Gasteiger partial charge in [0.1, 0.15) is 6.10 Å². The Morgan fingerprint density at radius 1 is 1.32 bits per heavy atom. The third-order valence-corrected chi connectivity index (χ3v) is 4.76. The largest absolute Gasteiger partial charge is 0.491 e. The number of fused-ring (bicyclic) bond motifs is 3. The number of ether oxygens (including phenoxy) is 2. The highest BCUT2D eigenvalue weighted by atomic mass is 19.1. The lowest BCUT2D eigenvalue weighted by atomic mass is 9.77. The van der Waals surface area contributed by atoms with Crippen LogP contribution in [0.4, 0.5) is 4.39 Å². The molecule has 0 radical (unpaired) electrons. The molecule has 1 aromatic carbocycles. The molecule has 22 heavy (non-hydrogen) atoms. The number of rotatable bonds is 5. The van der Waals surface area contributed by atoms with Crippen molar-refractivity contribution >= 4 is 0 Å². The van der Waals surface area contributed by atoms with Crippen LogP contribution in [0.5, 0.6) is 11.5 Å². The summed E-state index contributed by atoms with van der Waals surface area (Å²) in [6.45, 7) is 4.52. The summed E-state index contributed by atoms with van der Waals surface area (Å²) in [5.41, 5.74) is 1.03. The normalized spacial score (nSPS) is 26.6. The Kier molecular flexibility index (Phi) is 4.70. The maximum atomic E-state index is 14.5. The Morgan fingerprint density at radius 2 is 2.18 bits per heavy atom. The predicted molar refractivity (Wildman–Crippen MR) is 86.1 cm³/mol. The fraction of sp³-hybridized carbons (Fsp3) is 0.579. The topological polar surface area (TPSA) is 18.5 Å². The number of hydrogen-bond acceptors (Lipinski definition) is 2. The Balaban J connectivity index is 1.74. The van der Waals surface area contributed by atoms with Gasteiger partial charge in [0.15, 0.2) is 11.5 Å². The van der Waals surface area contributed by atoms with Crippen molar-refractivity contribution in [2.75, 3.05) is 6.61 Å². The van der Waals surface area contributed by atoms with E-state index in [0.717, 1.165) is 24.8 Å². The highest BCUT2D eigenvalue weighted by Crippen LogP contribution is 2.49. The first kappa shape index (κ1) is 15.4. The molecule has 1 aliphatic heterocycles. The lowest BCUT2D eigenvalue weighted by Crippen LogP contribution is -2.27. The van der Waals surface area contributed by atoms with Crippen molar-refractivity contribution in [2.45, 2.75) is 58.0 Å². The van der Waals surface area contributed by atoms with Gasteiger partial charge in [0.2, 0.25) is 5.82 Å². The van der Waals surface area contributed by atoms with E-state index >= 15 is 0 Å². The van der Waals surface area contributed by atoms with E-state index in [4.69, 9.17) is 9.47 Å². The number of hydrogen-bond donors (Lipinski definition) is 0. The lowest BCUT2D eigenvalue weighted by molar-refractivity contribution is 0.139. The molecule has 0 amide bonds. The molecule has 1 aliphatic carbocycles. The first-order chi connectivity index (χ1) is 10.7. The van der Waals surface area contributed by atoms with Gasteiger partial charge in [-0.2, -0.15) is 4.39 Å². The molecule has 0 saturated heterocycles. The molecule has 3 heteroatoms. The minimum Gasteiger partial charge on any atom is -0.491 e. The van der Waals surface area contributed by atoms with Crippen molar-refractivity contribution in [3.8, 4) is 11.5 Å². The fourth-order valence-corrected chi connectivity index (χ4v) is 3.66. The standard InChI is InChI=1S/C19H25FO2/c1-3-5-6-7-13-8-9-14-15-10-11-16(21-4-2)18(20)19(15)22-17(14)12-13/h6-7,10-11,13-14,17H,3-5,8-9,12H2,1-2H3/b7-6-. The Bertz CT molecular complexity index is 553. The highest BCUT2D eigenvalue weighted by molar-refractivity contribution is 5.48. The SMILES string of the molecule is CCC/C=C\C1CCC2c3ccc(OCC)c(F)c3OC2C1. The molecule has 0 aromatic heterocycles. The number of unbranched alkanes of at least 4 members (excludes halogenated alkanes) is 1. The zero-order valence-corrected chi connectivity index (χ0v) is 13.5. The molecule has 3 atom stereocenters. The van der Waals surface area contributed by atoms with E-state index < -0.39 is 0 Å². The summed E-state index contributed by atoms with van der Waals surface area (Å²) in [5.74, 6) is 1.32. The third-order valence-electron chi connectivity index (χ3n) is 4.76. The van der Waals surface area contributed by atoms with Crippen molar-refractivity contribution in [1.29, 1.82) is 0 Å². The molecule has 1 aromatic rings. The van der Waals surface area contributed by atoms with Gasteiger partial charge in [-0.3, -0.25) is 0 Å². The maximum absolute atomic E-state index is 14.5. The van der Waals surface area contributed by atoms with Crippen LogP contribution in [0.15, 0.2) is 24.3 Å². The Morgan fingerprint density at radius 3 is 2.95 bits per heavy atom. The lowest BCUT2D eigenvalue weighted by Gasteiger charge is -2.29. The predicted octanol–water partition coefficient (Wildman–Crippen LogP) is 5.23. The minimum atomic E-state index is -0.327. The zero-order valence-electron chi connectivity index (χ0n) is 13.5. The smallest absolute Gasteiger partial charge is 0.207 e. The molecule has 2 aliphatic rings. The molecule has 1 saturated carbocycles. The van der Waals surface area contributed by atoms with E-state index in [-0.39, 0.29) is 11.9 Å². The first-order valence-electron chi connectivity index (χ1n) is 8.53. The summed E-state index contributed by atoms with van der Waals surface area (Å²) in [6, 6.07) is 3.73. The van der Waals surface area contributed by atoms with Gasteiger partial charge < -0.3 is 9.47 Å². The number of allylic oxidation sites excluding steroid dienone is 2. The van der Waals surface area contributed by atoms with Crippen LogP contribution in [0.2, 0.25) is 0 Å². The quantitative estimate of drug-likeness (QED) is 0.694. The molecule has 2 nitrogen and oxygen atoms in total. The van der Waals surface area contributed by atoms with Crippen molar-refractivity contribution in [3.63, 3.8) is 0 Å². The molecular weight excluding hydrogens is 279 g/mol. The fourth-order valence-electron chi connectivity index (χ4n) is 3.66. The van der Waals surface area contributed by atoms with Gasteiger partial charge in [0, 0.05) is 11.5 Å². The van der Waals surface area contributed by atoms with Crippen LogP contribution >= 0.6 is 0 Å². The molecular formula is C19H25FO2. The van der Waals surface area contributed by atoms with E-state index in [1.165, 1.54) is 12.8 Å². The number of benzene rings is 1. The molecule has 120 valence electrons. The Labute approximate surface area is 132 Å². The zero-order chi connectivity index (χ0) is 15.5. The van der Waals surface area contributed by atoms with Crippen molar-refractivity contribution in [3.05, 3.63) is 35.7 Å². The van der Waals surface area contributed by atoms with Crippen LogP contribution in [-0.2, 0) is 0 Å². The summed E-state index contributed by atoms with van der Waals surface area (Å²) in [5, 5.41) is 0. The van der Waals surface area contributed by atoms with Crippen molar-refractivity contribution in [1.82, 2.24) is 0 Å². The van der Waals surface area contributed by atoms with Gasteiger partial charge in [0.05, 0.1) is 6.61 Å². The molecule has 0 N–H and O–H groups in total. The van der Waals surface area contributed by atoms with E-state index in [1.54, 1.807) is 6.07 Å². The average Bonchev–Trinajstić information content (AvgIpc) is 2.89. The van der Waals surface area contributed by atoms with E-state index in [2.05, 4.69) is 19.1 Å². The second kappa shape index (κ2) is 6.72. The number of halogens is 1. The minimum absolute atomic E-state index is 0.117. The van der Waals surface area contributed by atoms with Gasteiger partial charge in [-0.1, -0.05) is 31.6 Å². The van der Waals surface area contributed by atoms with Crippen molar-refractivity contribution in [2.24, 2.45) is 5.92 Å². The molecule has 1 heterocycles. The van der Waals surface area contributed by atoms with Crippen LogP contribution in [0, 0.1) is 11.7 Å². The van der Waals surface area contributed by atoms with Gasteiger partial charge in [-0.05, 0) is 44.6 Å². The van der Waals surface area contributed by atoms with Gasteiger partial charge in [-0.25, -0.2) is 0 Å². The van der Waals surface area contributed by atoms with E-state index in [0.29, 0.717) is 29.9 Å². The maximum Gasteiger partial charge on any atom is 0.207 e. The van der Waals surface area contributed by atoms with Crippen LogP contribution in [-0.4, -0.2) is 12.7 Å². The van der Waals surface area contributed by atoms with Gasteiger partial charge in [-0.15, -0.1) is 0 Å². The molecule has 3 rings (SSSR count).